The molecular formula is C12H26N2O. The molecule has 1 aliphatic rings. The van der Waals surface area contributed by atoms with Crippen molar-refractivity contribution in [3.05, 3.63) is 0 Å². The Morgan fingerprint density at radius 3 is 2.20 bits per heavy atom. The van der Waals surface area contributed by atoms with Gasteiger partial charge in [-0.2, -0.15) is 0 Å². The summed E-state index contributed by atoms with van der Waals surface area (Å²) in [4.78, 5) is 2.51. The van der Waals surface area contributed by atoms with Gasteiger partial charge >= 0.3 is 0 Å². The van der Waals surface area contributed by atoms with E-state index in [9.17, 15) is 0 Å². The van der Waals surface area contributed by atoms with Crippen LogP contribution in [-0.4, -0.2) is 42.8 Å². The van der Waals surface area contributed by atoms with Gasteiger partial charge in [0.2, 0.25) is 0 Å². The lowest BCUT2D eigenvalue weighted by Gasteiger charge is -2.48. The van der Waals surface area contributed by atoms with Crippen LogP contribution in [0.5, 0.6) is 0 Å². The molecule has 0 heterocycles. The highest BCUT2D eigenvalue weighted by atomic mass is 16.5. The highest BCUT2D eigenvalue weighted by Gasteiger charge is 2.42. The number of nitrogens with two attached hydrogens (primary N) is 1. The summed E-state index contributed by atoms with van der Waals surface area (Å²) in [5.41, 5.74) is 6.08. The molecule has 0 bridgehead atoms. The molecule has 1 rings (SSSR count). The van der Waals surface area contributed by atoms with Crippen LogP contribution in [0.4, 0.5) is 0 Å². The third kappa shape index (κ3) is 3.16. The molecule has 1 aliphatic carbocycles. The fourth-order valence-corrected chi connectivity index (χ4v) is 2.50. The lowest BCUT2D eigenvalue weighted by molar-refractivity contribution is -0.0796. The first-order chi connectivity index (χ1) is 7.24. The fraction of sp³-hybridized carbons (Fsp3) is 1.00. The van der Waals surface area contributed by atoms with Gasteiger partial charge in [0.15, 0.2) is 0 Å². The van der Waals surface area contributed by atoms with Gasteiger partial charge in [-0.25, -0.2) is 0 Å². The smallest absolute Gasteiger partial charge is 0.0760 e. The zero-order valence-corrected chi connectivity index (χ0v) is 10.4. The van der Waals surface area contributed by atoms with Crippen molar-refractivity contribution in [3.8, 4) is 0 Å². The van der Waals surface area contributed by atoms with E-state index in [-0.39, 0.29) is 0 Å². The second-order valence-electron chi connectivity index (χ2n) is 4.42. The summed E-state index contributed by atoms with van der Waals surface area (Å²) in [6.45, 7) is 9.61. The van der Waals surface area contributed by atoms with Gasteiger partial charge < -0.3 is 10.5 Å². The first-order valence-corrected chi connectivity index (χ1v) is 6.35. The average Bonchev–Trinajstić information content (AvgIpc) is 2.18. The van der Waals surface area contributed by atoms with Crippen LogP contribution in [0, 0.1) is 0 Å². The minimum Gasteiger partial charge on any atom is -0.377 e. The lowest BCUT2D eigenvalue weighted by Crippen LogP contribution is -2.65. The molecule has 0 spiro atoms. The van der Waals surface area contributed by atoms with Gasteiger partial charge in [0.1, 0.15) is 0 Å². The molecular weight excluding hydrogens is 188 g/mol. The minimum absolute atomic E-state index is 0.319. The number of ether oxygens (including phenoxy) is 1. The highest BCUT2D eigenvalue weighted by molar-refractivity contribution is 5.00. The predicted octanol–water partition coefficient (Wildman–Crippen LogP) is 1.61. The van der Waals surface area contributed by atoms with E-state index in [0.717, 1.165) is 26.1 Å². The summed E-state index contributed by atoms with van der Waals surface area (Å²) in [5, 5.41) is 0. The van der Waals surface area contributed by atoms with Crippen LogP contribution in [0.25, 0.3) is 0 Å². The standard InChI is InChI=1S/C12H26N2O/c1-4-7-14(8-5-2)12-10(13)9-11(12)15-6-3/h10-12H,4-9,13H2,1-3H3. The van der Waals surface area contributed by atoms with Crippen molar-refractivity contribution in [1.29, 1.82) is 0 Å². The molecule has 0 aromatic rings. The Kier molecular flexibility index (Phi) is 5.58. The second-order valence-corrected chi connectivity index (χ2v) is 4.42. The zero-order chi connectivity index (χ0) is 11.3. The van der Waals surface area contributed by atoms with E-state index in [4.69, 9.17) is 10.5 Å². The Morgan fingerprint density at radius 1 is 1.20 bits per heavy atom. The fourth-order valence-electron chi connectivity index (χ4n) is 2.50. The van der Waals surface area contributed by atoms with E-state index >= 15 is 0 Å². The van der Waals surface area contributed by atoms with Crippen molar-refractivity contribution in [2.45, 2.75) is 58.2 Å². The Bertz CT molecular complexity index is 167. The summed E-state index contributed by atoms with van der Waals surface area (Å²) >= 11 is 0. The molecule has 0 aromatic heterocycles. The van der Waals surface area contributed by atoms with Crippen LogP contribution >= 0.6 is 0 Å². The van der Waals surface area contributed by atoms with Crippen molar-refractivity contribution in [2.75, 3.05) is 19.7 Å². The van der Waals surface area contributed by atoms with E-state index in [1.54, 1.807) is 0 Å². The SMILES string of the molecule is CCCN(CCC)C1C(N)CC1OCC. The van der Waals surface area contributed by atoms with E-state index in [0.29, 0.717) is 18.2 Å². The quantitative estimate of drug-likeness (QED) is 0.700. The summed E-state index contributed by atoms with van der Waals surface area (Å²) in [6, 6.07) is 0.782. The maximum Gasteiger partial charge on any atom is 0.0760 e. The third-order valence-corrected chi connectivity index (χ3v) is 3.15. The normalized spacial score (nSPS) is 30.6. The third-order valence-electron chi connectivity index (χ3n) is 3.15. The van der Waals surface area contributed by atoms with Crippen LogP contribution in [0.15, 0.2) is 0 Å². The van der Waals surface area contributed by atoms with Gasteiger partial charge in [0, 0.05) is 12.6 Å². The summed E-state index contributed by atoms with van der Waals surface area (Å²) in [7, 11) is 0. The highest BCUT2D eigenvalue weighted by Crippen LogP contribution is 2.28. The Hall–Kier alpha value is -0.120. The molecule has 2 N–H and O–H groups in total. The van der Waals surface area contributed by atoms with Crippen molar-refractivity contribution in [1.82, 2.24) is 4.90 Å². The molecule has 3 atom stereocenters. The molecule has 1 fully saturated rings. The van der Waals surface area contributed by atoms with Crippen LogP contribution in [0.2, 0.25) is 0 Å². The number of nitrogens with zero attached hydrogens (tertiary/aromatic N) is 1. The summed E-state index contributed by atoms with van der Waals surface area (Å²) in [6.07, 6.45) is 3.80. The molecule has 0 saturated heterocycles. The van der Waals surface area contributed by atoms with Crippen molar-refractivity contribution < 1.29 is 4.74 Å². The molecule has 3 heteroatoms. The zero-order valence-electron chi connectivity index (χ0n) is 10.4. The topological polar surface area (TPSA) is 38.5 Å². The molecule has 3 unspecified atom stereocenters. The molecule has 0 aliphatic heterocycles. The lowest BCUT2D eigenvalue weighted by atomic mass is 9.82. The van der Waals surface area contributed by atoms with Crippen molar-refractivity contribution in [3.63, 3.8) is 0 Å². The summed E-state index contributed by atoms with van der Waals surface area (Å²) in [5.74, 6) is 0. The number of rotatable bonds is 7. The van der Waals surface area contributed by atoms with Crippen molar-refractivity contribution in [2.24, 2.45) is 5.73 Å². The van der Waals surface area contributed by atoms with Gasteiger partial charge in [-0.15, -0.1) is 0 Å². The second kappa shape index (κ2) is 6.46. The van der Waals surface area contributed by atoms with Crippen LogP contribution in [-0.2, 0) is 4.74 Å². The average molecular weight is 214 g/mol. The Labute approximate surface area is 94.0 Å². The largest absolute Gasteiger partial charge is 0.377 e. The molecule has 90 valence electrons. The van der Waals surface area contributed by atoms with Gasteiger partial charge in [-0.05, 0) is 39.3 Å². The summed E-state index contributed by atoms with van der Waals surface area (Å²) < 4.78 is 5.71. The molecule has 0 aromatic carbocycles. The Balaban J connectivity index is 2.47. The predicted molar refractivity (Wildman–Crippen MR) is 63.9 cm³/mol. The molecule has 15 heavy (non-hydrogen) atoms. The van der Waals surface area contributed by atoms with E-state index in [1.165, 1.54) is 12.8 Å². The van der Waals surface area contributed by atoms with Gasteiger partial charge in [0.25, 0.3) is 0 Å². The number of hydrogen-bond donors (Lipinski definition) is 1. The maximum atomic E-state index is 6.08. The molecule has 0 amide bonds. The van der Waals surface area contributed by atoms with E-state index in [2.05, 4.69) is 25.7 Å². The minimum atomic E-state index is 0.319. The first-order valence-electron chi connectivity index (χ1n) is 6.35. The molecule has 0 radical (unpaired) electrons. The maximum absolute atomic E-state index is 6.08. The molecule has 1 saturated carbocycles. The van der Waals surface area contributed by atoms with Gasteiger partial charge in [-0.1, -0.05) is 13.8 Å². The first kappa shape index (κ1) is 12.9. The molecule has 3 nitrogen and oxygen atoms in total. The van der Waals surface area contributed by atoms with E-state index in [1.807, 2.05) is 0 Å². The van der Waals surface area contributed by atoms with Crippen LogP contribution in [0.1, 0.15) is 40.0 Å². The monoisotopic (exact) mass is 214 g/mol. The van der Waals surface area contributed by atoms with E-state index < -0.39 is 0 Å². The van der Waals surface area contributed by atoms with Gasteiger partial charge in [-0.3, -0.25) is 4.90 Å². The van der Waals surface area contributed by atoms with Gasteiger partial charge in [0.05, 0.1) is 12.1 Å². The number of hydrogen-bond acceptors (Lipinski definition) is 3. The van der Waals surface area contributed by atoms with Crippen LogP contribution in [0.3, 0.4) is 0 Å². The van der Waals surface area contributed by atoms with Crippen molar-refractivity contribution >= 4 is 0 Å². The van der Waals surface area contributed by atoms with Crippen LogP contribution < -0.4 is 5.73 Å². The Morgan fingerprint density at radius 2 is 1.80 bits per heavy atom.